The highest BCUT2D eigenvalue weighted by Crippen LogP contribution is 2.36. The number of ether oxygens (including phenoxy) is 1. The third-order valence-electron chi connectivity index (χ3n) is 5.47. The maximum atomic E-state index is 12.1. The summed E-state index contributed by atoms with van der Waals surface area (Å²) in [5.41, 5.74) is 8.07. The number of hydrogen-bond donors (Lipinski definition) is 4. The molecule has 1 amide bonds. The van der Waals surface area contributed by atoms with Crippen LogP contribution in [0.4, 0.5) is 23.1 Å². The van der Waals surface area contributed by atoms with Crippen molar-refractivity contribution in [3.63, 3.8) is 0 Å². The Morgan fingerprint density at radius 3 is 2.62 bits per heavy atom. The summed E-state index contributed by atoms with van der Waals surface area (Å²) < 4.78 is 28.8. The van der Waals surface area contributed by atoms with Gasteiger partial charge in [-0.25, -0.2) is 18.5 Å². The number of para-hydroxylation sites is 1. The van der Waals surface area contributed by atoms with E-state index >= 15 is 0 Å². The lowest BCUT2D eigenvalue weighted by molar-refractivity contribution is -0.142. The van der Waals surface area contributed by atoms with Crippen molar-refractivity contribution in [1.29, 1.82) is 0 Å². The van der Waals surface area contributed by atoms with Gasteiger partial charge in [-0.3, -0.25) is 9.59 Å². The molecule has 6 N–H and O–H groups in total. The van der Waals surface area contributed by atoms with Crippen LogP contribution in [0.15, 0.2) is 53.6 Å². The van der Waals surface area contributed by atoms with E-state index in [9.17, 15) is 18.0 Å². The molecule has 0 spiro atoms. The molecule has 1 aliphatic carbocycles. The highest BCUT2D eigenvalue weighted by atomic mass is 32.2. The fourth-order valence-electron chi connectivity index (χ4n) is 3.86. The Bertz CT molecular complexity index is 1390. The minimum Gasteiger partial charge on any atom is -0.469 e. The van der Waals surface area contributed by atoms with Gasteiger partial charge >= 0.3 is 5.97 Å². The number of aromatic nitrogens is 2. The van der Waals surface area contributed by atoms with Crippen LogP contribution >= 0.6 is 0 Å². The van der Waals surface area contributed by atoms with Crippen molar-refractivity contribution in [2.45, 2.75) is 23.7 Å². The lowest BCUT2D eigenvalue weighted by atomic mass is 10.0. The summed E-state index contributed by atoms with van der Waals surface area (Å²) in [6, 6.07) is 11.5. The van der Waals surface area contributed by atoms with Crippen LogP contribution in [0.1, 0.15) is 33.8 Å². The fourth-order valence-corrected chi connectivity index (χ4v) is 4.55. The summed E-state index contributed by atoms with van der Waals surface area (Å²) in [6.07, 6.45) is 2.67. The first kappa shape index (κ1) is 23.1. The number of amides is 1. The summed E-state index contributed by atoms with van der Waals surface area (Å²) in [6.45, 7) is 0. The Kier molecular flexibility index (Phi) is 6.18. The molecule has 0 fully saturated rings. The summed E-state index contributed by atoms with van der Waals surface area (Å²) in [7, 11) is -2.68. The van der Waals surface area contributed by atoms with Crippen molar-refractivity contribution < 1.29 is 22.7 Å². The maximum Gasteiger partial charge on any atom is 0.313 e. The molecule has 1 aliphatic rings. The zero-order valence-corrected chi connectivity index (χ0v) is 18.9. The smallest absolute Gasteiger partial charge is 0.313 e. The molecule has 11 nitrogen and oxygen atoms in total. The third kappa shape index (κ3) is 4.67. The Morgan fingerprint density at radius 1 is 1.15 bits per heavy atom. The molecule has 34 heavy (non-hydrogen) atoms. The van der Waals surface area contributed by atoms with Gasteiger partial charge < -0.3 is 21.1 Å². The van der Waals surface area contributed by atoms with Crippen molar-refractivity contribution in [3.05, 3.63) is 65.4 Å². The highest BCUT2D eigenvalue weighted by Gasteiger charge is 2.29. The number of aryl methyl sites for hydroxylation is 1. The largest absolute Gasteiger partial charge is 0.469 e. The number of anilines is 4. The second kappa shape index (κ2) is 9.08. The minimum atomic E-state index is -4.04. The maximum absolute atomic E-state index is 12.1. The van der Waals surface area contributed by atoms with Gasteiger partial charge in [-0.15, -0.1) is 0 Å². The molecule has 176 valence electrons. The summed E-state index contributed by atoms with van der Waals surface area (Å²) in [5.74, 6) is -1.33. The molecule has 4 rings (SSSR count). The summed E-state index contributed by atoms with van der Waals surface area (Å²) >= 11 is 0. The van der Waals surface area contributed by atoms with E-state index < -0.39 is 15.9 Å². The number of nitrogens with one attached hydrogen (secondary N) is 2. The lowest BCUT2D eigenvalue weighted by Crippen LogP contribution is -2.17. The number of primary sulfonamides is 1. The first-order valence-corrected chi connectivity index (χ1v) is 11.8. The SMILES string of the molecule is COC(=O)C1CCc2ccc(Nc3ncc(C(N)=O)c(Nc4ccccc4S(N)(=O)=O)n3)cc21. The molecule has 3 aromatic rings. The van der Waals surface area contributed by atoms with E-state index in [1.54, 1.807) is 6.07 Å². The number of sulfonamides is 1. The van der Waals surface area contributed by atoms with Gasteiger partial charge in [0, 0.05) is 11.9 Å². The predicted octanol–water partition coefficient (Wildman–Crippen LogP) is 1.91. The first-order valence-electron chi connectivity index (χ1n) is 10.2. The Balaban J connectivity index is 1.67. The average molecular weight is 483 g/mol. The summed E-state index contributed by atoms with van der Waals surface area (Å²) in [5, 5.41) is 11.1. The number of esters is 1. The van der Waals surface area contributed by atoms with E-state index in [0.717, 1.165) is 17.5 Å². The van der Waals surface area contributed by atoms with Crippen molar-refractivity contribution in [2.24, 2.45) is 10.9 Å². The lowest BCUT2D eigenvalue weighted by Gasteiger charge is -2.14. The van der Waals surface area contributed by atoms with Crippen LogP contribution in [0.5, 0.6) is 0 Å². The van der Waals surface area contributed by atoms with Crippen LogP contribution < -0.4 is 21.5 Å². The van der Waals surface area contributed by atoms with Crippen LogP contribution in [0.25, 0.3) is 0 Å². The molecular weight excluding hydrogens is 460 g/mol. The quantitative estimate of drug-likeness (QED) is 0.366. The molecule has 0 saturated heterocycles. The molecule has 0 radical (unpaired) electrons. The zero-order valence-electron chi connectivity index (χ0n) is 18.1. The topological polar surface area (TPSA) is 179 Å². The molecule has 2 aromatic carbocycles. The number of carbonyl (C=O) groups is 2. The average Bonchev–Trinajstić information content (AvgIpc) is 3.21. The first-order chi connectivity index (χ1) is 16.2. The number of nitrogens with two attached hydrogens (primary N) is 2. The highest BCUT2D eigenvalue weighted by molar-refractivity contribution is 7.89. The molecule has 12 heteroatoms. The van der Waals surface area contributed by atoms with Gasteiger partial charge in [0.05, 0.1) is 18.7 Å². The van der Waals surface area contributed by atoms with E-state index in [-0.39, 0.29) is 39.8 Å². The number of fused-ring (bicyclic) bond motifs is 1. The molecule has 0 aliphatic heterocycles. The van der Waals surface area contributed by atoms with Crippen molar-refractivity contribution in [1.82, 2.24) is 9.97 Å². The van der Waals surface area contributed by atoms with Gasteiger partial charge in [0.1, 0.15) is 16.3 Å². The van der Waals surface area contributed by atoms with Gasteiger partial charge in [-0.1, -0.05) is 18.2 Å². The van der Waals surface area contributed by atoms with Crippen LogP contribution in [0.2, 0.25) is 0 Å². The van der Waals surface area contributed by atoms with Gasteiger partial charge in [-0.2, -0.15) is 4.98 Å². The Hall–Kier alpha value is -4.03. The van der Waals surface area contributed by atoms with E-state index in [1.165, 1.54) is 31.5 Å². The second-order valence-electron chi connectivity index (χ2n) is 7.64. The van der Waals surface area contributed by atoms with E-state index in [4.69, 9.17) is 15.6 Å². The second-order valence-corrected chi connectivity index (χ2v) is 9.17. The fraction of sp³-hybridized carbons (Fsp3) is 0.182. The predicted molar refractivity (Wildman–Crippen MR) is 124 cm³/mol. The number of primary amides is 1. The zero-order chi connectivity index (χ0) is 24.5. The van der Waals surface area contributed by atoms with Crippen molar-refractivity contribution in [2.75, 3.05) is 17.7 Å². The van der Waals surface area contributed by atoms with Crippen LogP contribution in [0.3, 0.4) is 0 Å². The molecule has 1 aromatic heterocycles. The van der Waals surface area contributed by atoms with Crippen LogP contribution in [0, 0.1) is 0 Å². The van der Waals surface area contributed by atoms with E-state index in [0.29, 0.717) is 12.1 Å². The normalized spacial score (nSPS) is 14.8. The number of rotatable bonds is 7. The van der Waals surface area contributed by atoms with Gasteiger partial charge in [0.15, 0.2) is 0 Å². The molecule has 0 saturated carbocycles. The number of methoxy groups -OCH3 is 1. The van der Waals surface area contributed by atoms with E-state index in [1.807, 2.05) is 18.2 Å². The third-order valence-corrected chi connectivity index (χ3v) is 6.44. The summed E-state index contributed by atoms with van der Waals surface area (Å²) in [4.78, 5) is 32.3. The van der Waals surface area contributed by atoms with Crippen molar-refractivity contribution in [3.8, 4) is 0 Å². The monoisotopic (exact) mass is 482 g/mol. The molecular formula is C22H22N6O5S. The Labute approximate surface area is 195 Å². The Morgan fingerprint density at radius 2 is 1.91 bits per heavy atom. The number of hydrogen-bond acceptors (Lipinski definition) is 9. The molecule has 1 heterocycles. The molecule has 1 unspecified atom stereocenters. The van der Waals surface area contributed by atoms with Crippen molar-refractivity contribution >= 4 is 45.0 Å². The van der Waals surface area contributed by atoms with Gasteiger partial charge in [0.2, 0.25) is 16.0 Å². The van der Waals surface area contributed by atoms with Crippen LogP contribution in [-0.4, -0.2) is 37.4 Å². The number of nitrogens with zero attached hydrogens (tertiary/aromatic N) is 2. The van der Waals surface area contributed by atoms with Gasteiger partial charge in [-0.05, 0) is 48.2 Å². The molecule has 1 atom stereocenters. The molecule has 0 bridgehead atoms. The number of carbonyl (C=O) groups excluding carboxylic acids is 2. The number of benzene rings is 2. The standard InChI is InChI=1S/C22H22N6O5S/c1-33-21(30)14-9-7-12-6-8-13(10-15(12)14)26-22-25-11-16(19(23)29)20(28-22)27-17-4-2-3-5-18(17)34(24,31)32/h2-6,8,10-11,14H,7,9H2,1H3,(H2,23,29)(H2,24,31,32)(H2,25,26,27,28). The van der Waals surface area contributed by atoms with E-state index in [2.05, 4.69) is 20.6 Å². The minimum absolute atomic E-state index is 0.00491. The van der Waals surface area contributed by atoms with Crippen LogP contribution in [-0.2, 0) is 26.0 Å². The van der Waals surface area contributed by atoms with Gasteiger partial charge in [0.25, 0.3) is 5.91 Å².